The van der Waals surface area contributed by atoms with Crippen LogP contribution >= 0.6 is 31.9 Å². The number of quaternary nitrogens is 1. The van der Waals surface area contributed by atoms with E-state index in [0.717, 1.165) is 25.8 Å². The first kappa shape index (κ1) is 19.2. The molecule has 0 saturated heterocycles. The first-order valence-electron chi connectivity index (χ1n) is 9.14. The van der Waals surface area contributed by atoms with E-state index in [9.17, 15) is 5.11 Å². The van der Waals surface area contributed by atoms with Crippen LogP contribution in [0.1, 0.15) is 34.5 Å². The van der Waals surface area contributed by atoms with Crippen molar-refractivity contribution in [3.8, 4) is 5.75 Å². The molecule has 2 unspecified atom stereocenters. The molecule has 1 heterocycles. The Hall–Kier alpha value is -2.08. The SMILES string of the molecule is Cc1ccc(C2=CC(c3cc(Br)ccc3O)[NH2+]C(c3ccc(Br)cc3)N2)cc1. The highest BCUT2D eigenvalue weighted by Gasteiger charge is 2.29. The van der Waals surface area contributed by atoms with Crippen molar-refractivity contribution in [1.29, 1.82) is 0 Å². The summed E-state index contributed by atoms with van der Waals surface area (Å²) in [4.78, 5) is 0. The largest absolute Gasteiger partial charge is 0.507 e. The van der Waals surface area contributed by atoms with Crippen molar-refractivity contribution in [2.24, 2.45) is 0 Å². The number of hydrogen-bond acceptors (Lipinski definition) is 2. The quantitative estimate of drug-likeness (QED) is 0.464. The third-order valence-corrected chi connectivity index (χ3v) is 6.02. The molecule has 1 aliphatic rings. The van der Waals surface area contributed by atoms with Gasteiger partial charge in [0.25, 0.3) is 0 Å². The average Bonchev–Trinajstić information content (AvgIpc) is 2.70. The summed E-state index contributed by atoms with van der Waals surface area (Å²) in [6.45, 7) is 2.09. The van der Waals surface area contributed by atoms with Crippen LogP contribution in [0.25, 0.3) is 5.70 Å². The van der Waals surface area contributed by atoms with Crippen LogP contribution < -0.4 is 10.6 Å². The number of aryl methyl sites for hydroxylation is 1. The highest BCUT2D eigenvalue weighted by molar-refractivity contribution is 9.10. The van der Waals surface area contributed by atoms with Crippen LogP contribution in [-0.4, -0.2) is 5.11 Å². The molecule has 2 atom stereocenters. The molecule has 1 aliphatic heterocycles. The fourth-order valence-corrected chi connectivity index (χ4v) is 4.11. The smallest absolute Gasteiger partial charge is 0.186 e. The van der Waals surface area contributed by atoms with Crippen molar-refractivity contribution in [3.63, 3.8) is 0 Å². The van der Waals surface area contributed by atoms with E-state index in [0.29, 0.717) is 5.75 Å². The van der Waals surface area contributed by atoms with Gasteiger partial charge in [0.2, 0.25) is 0 Å². The summed E-state index contributed by atoms with van der Waals surface area (Å²) in [5.41, 5.74) is 5.51. The van der Waals surface area contributed by atoms with E-state index in [1.807, 2.05) is 12.1 Å². The van der Waals surface area contributed by atoms with E-state index in [4.69, 9.17) is 0 Å². The molecule has 142 valence electrons. The second kappa shape index (κ2) is 8.11. The predicted octanol–water partition coefficient (Wildman–Crippen LogP) is 5.17. The van der Waals surface area contributed by atoms with E-state index in [-0.39, 0.29) is 12.2 Å². The zero-order valence-electron chi connectivity index (χ0n) is 15.4. The van der Waals surface area contributed by atoms with Gasteiger partial charge in [-0.3, -0.25) is 0 Å². The van der Waals surface area contributed by atoms with Gasteiger partial charge in [-0.25, -0.2) is 0 Å². The minimum atomic E-state index is -0.0105. The third kappa shape index (κ3) is 4.17. The minimum absolute atomic E-state index is 0.0105. The average molecular weight is 501 g/mol. The molecule has 0 aliphatic carbocycles. The van der Waals surface area contributed by atoms with Crippen LogP contribution in [0, 0.1) is 6.92 Å². The number of rotatable bonds is 3. The number of hydrogen-bond donors (Lipinski definition) is 3. The Labute approximate surface area is 181 Å². The number of aromatic hydroxyl groups is 1. The molecule has 4 rings (SSSR count). The minimum Gasteiger partial charge on any atom is -0.507 e. The van der Waals surface area contributed by atoms with Crippen LogP contribution in [0.15, 0.2) is 81.8 Å². The molecule has 0 fully saturated rings. The molecule has 0 aromatic heterocycles. The number of nitrogens with two attached hydrogens (primary N) is 1. The first-order valence-corrected chi connectivity index (χ1v) is 10.7. The number of halogens is 2. The van der Waals surface area contributed by atoms with Crippen molar-refractivity contribution in [1.82, 2.24) is 5.32 Å². The fourth-order valence-electron chi connectivity index (χ4n) is 3.47. The maximum Gasteiger partial charge on any atom is 0.186 e. The van der Waals surface area contributed by atoms with E-state index in [2.05, 4.69) is 104 Å². The Morgan fingerprint density at radius 3 is 2.29 bits per heavy atom. The summed E-state index contributed by atoms with van der Waals surface area (Å²) < 4.78 is 2.01. The molecule has 3 nitrogen and oxygen atoms in total. The normalized spacial score (nSPS) is 19.0. The molecule has 0 spiro atoms. The Kier molecular flexibility index (Phi) is 5.58. The Bertz CT molecular complexity index is 1010. The molecular formula is C23H21Br2N2O+. The Balaban J connectivity index is 1.76. The maximum absolute atomic E-state index is 10.5. The number of phenols is 1. The van der Waals surface area contributed by atoms with Crippen molar-refractivity contribution >= 4 is 37.6 Å². The summed E-state index contributed by atoms with van der Waals surface area (Å²) in [7, 11) is 0. The first-order chi connectivity index (χ1) is 13.5. The van der Waals surface area contributed by atoms with Crippen molar-refractivity contribution in [2.75, 3.05) is 0 Å². The molecule has 4 N–H and O–H groups in total. The molecule has 28 heavy (non-hydrogen) atoms. The molecule has 3 aromatic carbocycles. The molecule has 0 saturated carbocycles. The van der Waals surface area contributed by atoms with Gasteiger partial charge >= 0.3 is 0 Å². The van der Waals surface area contributed by atoms with Crippen LogP contribution in [-0.2, 0) is 0 Å². The van der Waals surface area contributed by atoms with Gasteiger partial charge in [0.15, 0.2) is 6.17 Å². The maximum atomic E-state index is 10.5. The summed E-state index contributed by atoms with van der Waals surface area (Å²) in [5, 5.41) is 16.4. The van der Waals surface area contributed by atoms with Gasteiger partial charge in [-0.15, -0.1) is 0 Å². The van der Waals surface area contributed by atoms with E-state index in [1.165, 1.54) is 11.1 Å². The third-order valence-electron chi connectivity index (χ3n) is 5.00. The van der Waals surface area contributed by atoms with E-state index < -0.39 is 0 Å². The second-order valence-corrected chi connectivity index (χ2v) is 8.87. The zero-order valence-corrected chi connectivity index (χ0v) is 18.5. The fraction of sp³-hybridized carbons (Fsp3) is 0.130. The molecule has 0 bridgehead atoms. The zero-order chi connectivity index (χ0) is 19.7. The molecular weight excluding hydrogens is 480 g/mol. The van der Waals surface area contributed by atoms with E-state index in [1.54, 1.807) is 6.07 Å². The molecule has 0 radical (unpaired) electrons. The van der Waals surface area contributed by atoms with Crippen LogP contribution in [0.5, 0.6) is 5.75 Å². The second-order valence-electron chi connectivity index (χ2n) is 7.04. The number of benzene rings is 3. The van der Waals surface area contributed by atoms with Gasteiger partial charge in [0, 0.05) is 26.3 Å². The van der Waals surface area contributed by atoms with Gasteiger partial charge in [-0.05, 0) is 55.0 Å². The van der Waals surface area contributed by atoms with Gasteiger partial charge in [0.05, 0.1) is 5.56 Å². The Morgan fingerprint density at radius 2 is 1.57 bits per heavy atom. The monoisotopic (exact) mass is 499 g/mol. The standard InChI is InChI=1S/C23H20Br2N2O/c1-14-2-4-15(5-3-14)20-13-21(19-12-18(25)10-11-22(19)28)27-23(26-20)16-6-8-17(24)9-7-16/h2-13,21,23,26-28H,1H3/p+1. The van der Waals surface area contributed by atoms with Crippen molar-refractivity contribution in [3.05, 3.63) is 104 Å². The molecule has 5 heteroatoms. The summed E-state index contributed by atoms with van der Waals surface area (Å²) in [6.07, 6.45) is 2.22. The van der Waals surface area contributed by atoms with Gasteiger partial charge in [-0.1, -0.05) is 61.7 Å². The van der Waals surface area contributed by atoms with Gasteiger partial charge < -0.3 is 15.7 Å². The van der Waals surface area contributed by atoms with E-state index >= 15 is 0 Å². The molecule has 3 aromatic rings. The van der Waals surface area contributed by atoms with Crippen molar-refractivity contribution in [2.45, 2.75) is 19.1 Å². The van der Waals surface area contributed by atoms with Gasteiger partial charge in [0.1, 0.15) is 11.8 Å². The topological polar surface area (TPSA) is 48.9 Å². The number of phenolic OH excluding ortho intramolecular Hbond substituents is 1. The lowest BCUT2D eigenvalue weighted by Crippen LogP contribution is -2.89. The lowest BCUT2D eigenvalue weighted by Gasteiger charge is -2.30. The lowest BCUT2D eigenvalue weighted by molar-refractivity contribution is -0.731. The molecule has 0 amide bonds. The van der Waals surface area contributed by atoms with Crippen LogP contribution in [0.3, 0.4) is 0 Å². The highest BCUT2D eigenvalue weighted by atomic mass is 79.9. The lowest BCUT2D eigenvalue weighted by atomic mass is 9.97. The van der Waals surface area contributed by atoms with Crippen LogP contribution in [0.2, 0.25) is 0 Å². The predicted molar refractivity (Wildman–Crippen MR) is 120 cm³/mol. The summed E-state index contributed by atoms with van der Waals surface area (Å²) in [5.74, 6) is 0.306. The van der Waals surface area contributed by atoms with Crippen molar-refractivity contribution < 1.29 is 10.4 Å². The summed E-state index contributed by atoms with van der Waals surface area (Å²) in [6, 6.07) is 22.4. The Morgan fingerprint density at radius 1 is 0.893 bits per heavy atom. The van der Waals surface area contributed by atoms with Gasteiger partial charge in [-0.2, -0.15) is 0 Å². The number of nitrogens with one attached hydrogen (secondary N) is 1. The van der Waals surface area contributed by atoms with Crippen LogP contribution in [0.4, 0.5) is 0 Å². The summed E-state index contributed by atoms with van der Waals surface area (Å²) >= 11 is 7.04. The highest BCUT2D eigenvalue weighted by Crippen LogP contribution is 2.31.